The van der Waals surface area contributed by atoms with Crippen molar-refractivity contribution in [3.8, 4) is 28.4 Å². The quantitative estimate of drug-likeness (QED) is 0.426. The average molecular weight is 522 g/mol. The molecule has 200 valence electrons. The zero-order valence-corrected chi connectivity index (χ0v) is 21.7. The van der Waals surface area contributed by atoms with E-state index in [1.54, 1.807) is 18.2 Å². The van der Waals surface area contributed by atoms with Crippen LogP contribution in [0.3, 0.4) is 0 Å². The van der Waals surface area contributed by atoms with E-state index in [2.05, 4.69) is 9.88 Å². The van der Waals surface area contributed by atoms with E-state index >= 15 is 0 Å². The maximum Gasteiger partial charge on any atom is 0.416 e. The molecule has 0 atom stereocenters. The maximum atomic E-state index is 13.6. The monoisotopic (exact) mass is 521 g/mol. The Hall–Kier alpha value is -3.85. The smallest absolute Gasteiger partial charge is 0.416 e. The summed E-state index contributed by atoms with van der Waals surface area (Å²) >= 11 is 0. The molecule has 2 saturated heterocycles. The molecule has 5 rings (SSSR count). The third-order valence-corrected chi connectivity index (χ3v) is 7.01. The average Bonchev–Trinajstić information content (AvgIpc) is 3.22. The van der Waals surface area contributed by atoms with Crippen LogP contribution in [0.15, 0.2) is 54.7 Å². The highest BCUT2D eigenvalue weighted by molar-refractivity contribution is 5.89. The van der Waals surface area contributed by atoms with Gasteiger partial charge in [-0.25, -0.2) is 14.2 Å². The topological polar surface area (TPSA) is 84.4 Å². The predicted molar refractivity (Wildman–Crippen MR) is 141 cm³/mol. The number of aromatic nitrogens is 1. The molecule has 1 aromatic heterocycles. The van der Waals surface area contributed by atoms with Gasteiger partial charge in [-0.05, 0) is 61.4 Å². The molecule has 3 aromatic rings. The van der Waals surface area contributed by atoms with Crippen molar-refractivity contribution in [3.63, 3.8) is 0 Å². The molecule has 2 aliphatic rings. The van der Waals surface area contributed by atoms with Crippen molar-refractivity contribution < 1.29 is 28.5 Å². The Balaban J connectivity index is 1.31. The van der Waals surface area contributed by atoms with Crippen LogP contribution < -0.4 is 14.4 Å². The van der Waals surface area contributed by atoms with Crippen LogP contribution in [-0.4, -0.2) is 59.5 Å². The summed E-state index contributed by atoms with van der Waals surface area (Å²) in [5.41, 5.74) is 2.15. The highest BCUT2D eigenvalue weighted by Crippen LogP contribution is 2.41. The second kappa shape index (κ2) is 10.9. The summed E-state index contributed by atoms with van der Waals surface area (Å²) in [6.45, 7) is 7.51. The Morgan fingerprint density at radius 2 is 1.68 bits per heavy atom. The molecule has 3 heterocycles. The number of carbonyl (C=O) groups excluding carboxylic acids is 1. The Morgan fingerprint density at radius 3 is 2.26 bits per heavy atom. The fraction of sp³-hybridized carbons (Fsp3) is 0.379. The van der Waals surface area contributed by atoms with Crippen molar-refractivity contribution in [1.29, 1.82) is 0 Å². The molecule has 1 amide bonds. The largest absolute Gasteiger partial charge is 0.506 e. The molecule has 0 aliphatic carbocycles. The number of ether oxygens (including phenoxy) is 3. The van der Waals surface area contributed by atoms with Gasteiger partial charge in [0, 0.05) is 32.5 Å². The van der Waals surface area contributed by atoms with E-state index in [9.17, 15) is 14.3 Å². The van der Waals surface area contributed by atoms with E-state index in [0.717, 1.165) is 29.8 Å². The second-order valence-electron chi connectivity index (χ2n) is 9.63. The van der Waals surface area contributed by atoms with E-state index in [4.69, 9.17) is 14.2 Å². The van der Waals surface area contributed by atoms with Crippen molar-refractivity contribution in [2.45, 2.75) is 38.8 Å². The van der Waals surface area contributed by atoms with Gasteiger partial charge in [0.15, 0.2) is 0 Å². The molecule has 0 radical (unpaired) electrons. The number of carbonyl (C=O) groups is 1. The lowest BCUT2D eigenvalue weighted by atomic mass is 9.91. The number of benzene rings is 2. The Bertz CT molecular complexity index is 1250. The number of hydrogen-bond acceptors (Lipinski definition) is 7. The van der Waals surface area contributed by atoms with Crippen molar-refractivity contribution in [3.05, 3.63) is 66.1 Å². The summed E-state index contributed by atoms with van der Waals surface area (Å²) in [4.78, 5) is 20.6. The van der Waals surface area contributed by atoms with E-state index in [1.165, 1.54) is 29.3 Å². The van der Waals surface area contributed by atoms with Crippen LogP contribution in [0.5, 0.6) is 17.2 Å². The predicted octanol–water partition coefficient (Wildman–Crippen LogP) is 5.38. The lowest BCUT2D eigenvalue weighted by molar-refractivity contribution is -0.00101. The van der Waals surface area contributed by atoms with Crippen LogP contribution >= 0.6 is 0 Å². The van der Waals surface area contributed by atoms with Gasteiger partial charge in [0.05, 0.1) is 31.5 Å². The molecular weight excluding hydrogens is 489 g/mol. The lowest BCUT2D eigenvalue weighted by Gasteiger charge is -2.37. The molecule has 38 heavy (non-hydrogen) atoms. The van der Waals surface area contributed by atoms with E-state index in [1.807, 2.05) is 26.0 Å². The number of nitrogens with zero attached hydrogens (tertiary/aromatic N) is 3. The minimum Gasteiger partial charge on any atom is -0.506 e. The molecule has 2 fully saturated rings. The number of anilines is 1. The number of halogens is 1. The normalized spacial score (nSPS) is 17.0. The molecule has 0 unspecified atom stereocenters. The third-order valence-electron chi connectivity index (χ3n) is 7.01. The molecule has 0 bridgehead atoms. The first-order chi connectivity index (χ1) is 18.4. The number of hydrogen-bond donors (Lipinski definition) is 1. The summed E-state index contributed by atoms with van der Waals surface area (Å²) in [7, 11) is 0. The first-order valence-corrected chi connectivity index (χ1v) is 13.0. The Kier molecular flexibility index (Phi) is 7.37. The van der Waals surface area contributed by atoms with Gasteiger partial charge < -0.3 is 19.3 Å². The van der Waals surface area contributed by atoms with Gasteiger partial charge in [0.2, 0.25) is 0 Å². The van der Waals surface area contributed by atoms with Crippen LogP contribution in [0.1, 0.15) is 32.3 Å². The first kappa shape index (κ1) is 25.8. The fourth-order valence-corrected chi connectivity index (χ4v) is 5.15. The van der Waals surface area contributed by atoms with Gasteiger partial charge in [-0.2, -0.15) is 0 Å². The van der Waals surface area contributed by atoms with Gasteiger partial charge in [0.25, 0.3) is 0 Å². The number of piperidine rings is 1. The van der Waals surface area contributed by atoms with Crippen molar-refractivity contribution in [1.82, 2.24) is 9.88 Å². The highest BCUT2D eigenvalue weighted by atomic mass is 19.1. The molecule has 1 spiro atoms. The first-order valence-electron chi connectivity index (χ1n) is 13.0. The van der Waals surface area contributed by atoms with Crippen molar-refractivity contribution in [2.24, 2.45) is 0 Å². The number of rotatable bonds is 8. The van der Waals surface area contributed by atoms with Gasteiger partial charge in [0.1, 0.15) is 34.5 Å². The number of aromatic hydroxyl groups is 1. The second-order valence-corrected chi connectivity index (χ2v) is 9.63. The standard InChI is InChI=1S/C29H32FN3O5/c1-3-36-24-15-20(16-25(37-4-2)27(24)21-5-7-22(30)8-6-21)18-32-13-11-29(12-14-32)19-33(28(35)38-29)26-10-9-23(34)17-31-26/h5-10,15-17,34H,3-4,11-14,18-19H2,1-2H3. The van der Waals surface area contributed by atoms with Crippen LogP contribution in [0, 0.1) is 5.82 Å². The Morgan fingerprint density at radius 1 is 1.03 bits per heavy atom. The molecule has 2 aromatic carbocycles. The van der Waals surface area contributed by atoms with Gasteiger partial charge in [-0.15, -0.1) is 0 Å². The molecule has 9 heteroatoms. The zero-order valence-electron chi connectivity index (χ0n) is 21.7. The van der Waals surface area contributed by atoms with Gasteiger partial charge in [-0.3, -0.25) is 9.80 Å². The maximum absolute atomic E-state index is 13.6. The molecule has 1 N–H and O–H groups in total. The van der Waals surface area contributed by atoms with Crippen molar-refractivity contribution in [2.75, 3.05) is 37.7 Å². The molecule has 2 aliphatic heterocycles. The van der Waals surface area contributed by atoms with Crippen LogP contribution in [-0.2, 0) is 11.3 Å². The van der Waals surface area contributed by atoms with E-state index in [-0.39, 0.29) is 11.6 Å². The molecular formula is C29H32FN3O5. The minimum atomic E-state index is -0.549. The van der Waals surface area contributed by atoms with Crippen LogP contribution in [0.4, 0.5) is 15.0 Å². The summed E-state index contributed by atoms with van der Waals surface area (Å²) in [6, 6.07) is 13.5. The lowest BCUT2D eigenvalue weighted by Crippen LogP contribution is -2.46. The third kappa shape index (κ3) is 5.38. The fourth-order valence-electron chi connectivity index (χ4n) is 5.15. The SMILES string of the molecule is CCOc1cc(CN2CCC3(CC2)CN(c2ccc(O)cn2)C(=O)O3)cc(OCC)c1-c1ccc(F)cc1. The van der Waals surface area contributed by atoms with Crippen LogP contribution in [0.2, 0.25) is 0 Å². The number of pyridine rings is 1. The van der Waals surface area contributed by atoms with Gasteiger partial charge >= 0.3 is 6.09 Å². The van der Waals surface area contributed by atoms with E-state index < -0.39 is 11.7 Å². The van der Waals surface area contributed by atoms with Gasteiger partial charge in [-0.1, -0.05) is 12.1 Å². The molecule has 8 nitrogen and oxygen atoms in total. The van der Waals surface area contributed by atoms with Crippen molar-refractivity contribution >= 4 is 11.9 Å². The Labute approximate surface area is 221 Å². The van der Waals surface area contributed by atoms with E-state index in [0.29, 0.717) is 56.5 Å². The van der Waals surface area contributed by atoms with Crippen LogP contribution in [0.25, 0.3) is 11.1 Å². The zero-order chi connectivity index (χ0) is 26.7. The highest BCUT2D eigenvalue weighted by Gasteiger charge is 2.47. The summed E-state index contributed by atoms with van der Waals surface area (Å²) in [6.07, 6.45) is 2.33. The summed E-state index contributed by atoms with van der Waals surface area (Å²) in [5.74, 6) is 1.64. The summed E-state index contributed by atoms with van der Waals surface area (Å²) < 4.78 is 31.4. The summed E-state index contributed by atoms with van der Waals surface area (Å²) in [5, 5.41) is 9.50. The minimum absolute atomic E-state index is 0.0509. The molecule has 0 saturated carbocycles. The number of likely N-dealkylation sites (tertiary alicyclic amines) is 1. The number of amides is 1.